The van der Waals surface area contributed by atoms with Crippen LogP contribution in [0.15, 0.2) is 59.7 Å². The van der Waals surface area contributed by atoms with Crippen LogP contribution in [-0.4, -0.2) is 20.7 Å². The fourth-order valence-corrected chi connectivity index (χ4v) is 2.31. The molecule has 6 heteroatoms. The van der Waals surface area contributed by atoms with Crippen LogP contribution in [0.1, 0.15) is 21.7 Å². The normalized spacial score (nSPS) is 10.4. The number of hydrogen-bond acceptors (Lipinski definition) is 4. The first-order chi connectivity index (χ1) is 11.6. The van der Waals surface area contributed by atoms with E-state index in [1.165, 1.54) is 12.3 Å². The van der Waals surface area contributed by atoms with Gasteiger partial charge in [-0.25, -0.2) is 4.68 Å². The molecule has 0 unspecified atom stereocenters. The zero-order valence-electron chi connectivity index (χ0n) is 13.4. The maximum Gasteiger partial charge on any atom is 0.280 e. The van der Waals surface area contributed by atoms with E-state index in [1.54, 1.807) is 23.9 Å². The Morgan fingerprint density at radius 1 is 1.12 bits per heavy atom. The molecule has 1 aromatic carbocycles. The summed E-state index contributed by atoms with van der Waals surface area (Å²) in [5, 5.41) is 6.93. The minimum atomic E-state index is -0.555. The van der Waals surface area contributed by atoms with E-state index in [-0.39, 0.29) is 5.69 Å². The second-order valence-electron chi connectivity index (χ2n) is 5.39. The Morgan fingerprint density at radius 2 is 1.88 bits per heavy atom. The van der Waals surface area contributed by atoms with Crippen molar-refractivity contribution in [1.82, 2.24) is 14.8 Å². The van der Waals surface area contributed by atoms with Gasteiger partial charge in [0, 0.05) is 18.0 Å². The van der Waals surface area contributed by atoms with Crippen LogP contribution in [0, 0.1) is 13.8 Å². The van der Waals surface area contributed by atoms with Gasteiger partial charge in [0.2, 0.25) is 5.43 Å². The molecular formula is C18H16N4O2. The van der Waals surface area contributed by atoms with Gasteiger partial charge in [-0.2, -0.15) is 5.10 Å². The maximum atomic E-state index is 12.5. The number of anilines is 1. The molecule has 3 aromatic rings. The van der Waals surface area contributed by atoms with Crippen LogP contribution < -0.4 is 10.7 Å². The van der Waals surface area contributed by atoms with Gasteiger partial charge in [-0.15, -0.1) is 0 Å². The first kappa shape index (κ1) is 15.6. The van der Waals surface area contributed by atoms with Crippen LogP contribution in [0.3, 0.4) is 0 Å². The molecule has 0 spiro atoms. The molecule has 0 radical (unpaired) electrons. The molecule has 24 heavy (non-hydrogen) atoms. The predicted molar refractivity (Wildman–Crippen MR) is 91.5 cm³/mol. The molecule has 0 aliphatic rings. The summed E-state index contributed by atoms with van der Waals surface area (Å²) in [4.78, 5) is 28.6. The fourth-order valence-electron chi connectivity index (χ4n) is 2.31. The summed E-state index contributed by atoms with van der Waals surface area (Å²) in [6.45, 7) is 3.62. The number of aromatic nitrogens is 3. The highest BCUT2D eigenvalue weighted by Crippen LogP contribution is 2.13. The second kappa shape index (κ2) is 6.45. The van der Waals surface area contributed by atoms with E-state index < -0.39 is 11.3 Å². The molecule has 2 aromatic heterocycles. The lowest BCUT2D eigenvalue weighted by atomic mass is 10.2. The van der Waals surface area contributed by atoms with Gasteiger partial charge < -0.3 is 5.32 Å². The molecular weight excluding hydrogens is 304 g/mol. The van der Waals surface area contributed by atoms with Crippen LogP contribution in [-0.2, 0) is 0 Å². The number of amides is 1. The quantitative estimate of drug-likeness (QED) is 0.804. The number of rotatable bonds is 3. The van der Waals surface area contributed by atoms with Crippen molar-refractivity contribution in [1.29, 1.82) is 0 Å². The Hall–Kier alpha value is -3.28. The number of hydrogen-bond donors (Lipinski definition) is 1. The molecule has 0 bridgehead atoms. The highest BCUT2D eigenvalue weighted by Gasteiger charge is 2.16. The lowest BCUT2D eigenvalue weighted by Crippen LogP contribution is -2.27. The number of nitrogens with zero attached hydrogens (tertiary/aromatic N) is 3. The van der Waals surface area contributed by atoms with E-state index in [1.807, 2.05) is 37.3 Å². The molecule has 0 aliphatic carbocycles. The van der Waals surface area contributed by atoms with Crippen molar-refractivity contribution in [2.24, 2.45) is 0 Å². The number of carbonyl (C=O) groups excluding carboxylic acids is 1. The minimum absolute atomic E-state index is 0.160. The van der Waals surface area contributed by atoms with Crippen LogP contribution in [0.25, 0.3) is 5.69 Å². The van der Waals surface area contributed by atoms with Gasteiger partial charge >= 0.3 is 0 Å². The molecule has 1 N–H and O–H groups in total. The van der Waals surface area contributed by atoms with Crippen molar-refractivity contribution in [2.75, 3.05) is 5.32 Å². The largest absolute Gasteiger partial charge is 0.319 e. The molecule has 0 atom stereocenters. The SMILES string of the molecule is Cc1ccncc1NC(=O)c1nn(-c2ccccc2)c(C)cc1=O. The number of benzene rings is 1. The topological polar surface area (TPSA) is 76.9 Å². The van der Waals surface area contributed by atoms with Crippen molar-refractivity contribution >= 4 is 11.6 Å². The summed E-state index contributed by atoms with van der Waals surface area (Å²) < 4.78 is 1.58. The summed E-state index contributed by atoms with van der Waals surface area (Å²) in [6.07, 6.45) is 3.18. The first-order valence-electron chi connectivity index (χ1n) is 7.44. The Balaban J connectivity index is 2.00. The zero-order valence-corrected chi connectivity index (χ0v) is 13.4. The third kappa shape index (κ3) is 3.08. The van der Waals surface area contributed by atoms with E-state index in [0.29, 0.717) is 11.4 Å². The highest BCUT2D eigenvalue weighted by atomic mass is 16.2. The summed E-state index contributed by atoms with van der Waals surface area (Å²) >= 11 is 0. The molecule has 3 rings (SSSR count). The van der Waals surface area contributed by atoms with Gasteiger partial charge in [0.1, 0.15) is 0 Å². The van der Waals surface area contributed by atoms with Crippen molar-refractivity contribution in [3.8, 4) is 5.69 Å². The lowest BCUT2D eigenvalue weighted by Gasteiger charge is -2.11. The van der Waals surface area contributed by atoms with Crippen LogP contribution in [0.2, 0.25) is 0 Å². The lowest BCUT2D eigenvalue weighted by molar-refractivity contribution is 0.101. The second-order valence-corrected chi connectivity index (χ2v) is 5.39. The molecule has 0 saturated heterocycles. The number of pyridine rings is 1. The number of aryl methyl sites for hydroxylation is 2. The summed E-state index contributed by atoms with van der Waals surface area (Å²) in [5.74, 6) is -0.555. The predicted octanol–water partition coefficient (Wildman–Crippen LogP) is 2.50. The van der Waals surface area contributed by atoms with Crippen molar-refractivity contribution in [3.05, 3.63) is 82.0 Å². The molecule has 2 heterocycles. The Morgan fingerprint density at radius 3 is 2.58 bits per heavy atom. The van der Waals surface area contributed by atoms with Crippen molar-refractivity contribution in [2.45, 2.75) is 13.8 Å². The van der Waals surface area contributed by atoms with Gasteiger partial charge in [-0.1, -0.05) is 18.2 Å². The van der Waals surface area contributed by atoms with Gasteiger partial charge in [-0.05, 0) is 37.6 Å². The highest BCUT2D eigenvalue weighted by molar-refractivity contribution is 6.03. The van der Waals surface area contributed by atoms with Gasteiger partial charge in [-0.3, -0.25) is 14.6 Å². The Kier molecular flexibility index (Phi) is 4.20. The maximum absolute atomic E-state index is 12.5. The summed E-state index contributed by atoms with van der Waals surface area (Å²) in [6, 6.07) is 12.5. The van der Waals surface area contributed by atoms with Crippen LogP contribution in [0.4, 0.5) is 5.69 Å². The van der Waals surface area contributed by atoms with E-state index in [2.05, 4.69) is 15.4 Å². The summed E-state index contributed by atoms with van der Waals surface area (Å²) in [7, 11) is 0. The fraction of sp³-hybridized carbons (Fsp3) is 0.111. The Labute approximate surface area is 138 Å². The number of para-hydroxylation sites is 1. The minimum Gasteiger partial charge on any atom is -0.319 e. The van der Waals surface area contributed by atoms with Gasteiger partial charge in [0.15, 0.2) is 5.69 Å². The van der Waals surface area contributed by atoms with E-state index in [4.69, 9.17) is 0 Å². The molecule has 0 saturated carbocycles. The molecule has 120 valence electrons. The average molecular weight is 320 g/mol. The smallest absolute Gasteiger partial charge is 0.280 e. The zero-order chi connectivity index (χ0) is 17.1. The number of nitrogens with one attached hydrogen (secondary N) is 1. The Bertz CT molecular complexity index is 949. The molecule has 6 nitrogen and oxygen atoms in total. The average Bonchev–Trinajstić information content (AvgIpc) is 2.58. The third-order valence-electron chi connectivity index (χ3n) is 3.61. The summed E-state index contributed by atoms with van der Waals surface area (Å²) in [5.41, 5.74) is 2.26. The van der Waals surface area contributed by atoms with Crippen LogP contribution >= 0.6 is 0 Å². The van der Waals surface area contributed by atoms with E-state index in [9.17, 15) is 9.59 Å². The molecule has 0 aliphatic heterocycles. The monoisotopic (exact) mass is 320 g/mol. The first-order valence-corrected chi connectivity index (χ1v) is 7.44. The van der Waals surface area contributed by atoms with Crippen molar-refractivity contribution < 1.29 is 4.79 Å². The molecule has 1 amide bonds. The van der Waals surface area contributed by atoms with Crippen molar-refractivity contribution in [3.63, 3.8) is 0 Å². The third-order valence-corrected chi connectivity index (χ3v) is 3.61. The van der Waals surface area contributed by atoms with Gasteiger partial charge in [0.05, 0.1) is 17.6 Å². The van der Waals surface area contributed by atoms with Crippen LogP contribution in [0.5, 0.6) is 0 Å². The standard InChI is InChI=1S/C18H16N4O2/c1-12-8-9-19-11-15(12)20-18(24)17-16(23)10-13(2)22(21-17)14-6-4-3-5-7-14/h3-11H,1-2H3,(H,20,24). The van der Waals surface area contributed by atoms with Gasteiger partial charge in [0.25, 0.3) is 5.91 Å². The number of carbonyl (C=O) groups is 1. The van der Waals surface area contributed by atoms with E-state index in [0.717, 1.165) is 11.3 Å². The van der Waals surface area contributed by atoms with E-state index >= 15 is 0 Å². The molecule has 0 fully saturated rings.